The summed E-state index contributed by atoms with van der Waals surface area (Å²) in [5.41, 5.74) is 1.20. The molecular formula is C27H43FN4O5S. The fraction of sp³-hybridized carbons (Fsp3) is 0.630. The third-order valence-electron chi connectivity index (χ3n) is 6.63. The van der Waals surface area contributed by atoms with Gasteiger partial charge in [-0.15, -0.1) is 0 Å². The van der Waals surface area contributed by atoms with E-state index in [4.69, 9.17) is 4.74 Å². The molecule has 11 heteroatoms. The Hall–Kier alpha value is -2.66. The van der Waals surface area contributed by atoms with E-state index in [-0.39, 0.29) is 36.0 Å². The third kappa shape index (κ3) is 7.69. The van der Waals surface area contributed by atoms with Crippen LogP contribution < -0.4 is 5.32 Å². The van der Waals surface area contributed by atoms with Gasteiger partial charge in [0.1, 0.15) is 11.4 Å². The SMILES string of the molecule is CC.CCC(C)NC(=O)OC(C)(C)C.CS(=O)(=O)N1CC(c2c[nH]c3cc(F)ccc23)[C@@H]2C1CCN2C=O. The number of carbonyl (C=O) groups is 2. The second-order valence-electron chi connectivity index (χ2n) is 10.5. The summed E-state index contributed by atoms with van der Waals surface area (Å²) in [4.78, 5) is 27.3. The zero-order valence-corrected chi connectivity index (χ0v) is 24.6. The van der Waals surface area contributed by atoms with Crippen LogP contribution in [0, 0.1) is 5.82 Å². The van der Waals surface area contributed by atoms with Gasteiger partial charge in [-0.1, -0.05) is 20.8 Å². The van der Waals surface area contributed by atoms with Gasteiger partial charge in [-0.3, -0.25) is 4.79 Å². The van der Waals surface area contributed by atoms with Gasteiger partial charge in [-0.05, 0) is 64.3 Å². The molecule has 1 aromatic heterocycles. The Morgan fingerprint density at radius 3 is 2.53 bits per heavy atom. The predicted octanol–water partition coefficient (Wildman–Crippen LogP) is 4.60. The zero-order chi connectivity index (χ0) is 28.8. The highest BCUT2D eigenvalue weighted by molar-refractivity contribution is 7.88. The number of nitrogens with one attached hydrogen (secondary N) is 2. The van der Waals surface area contributed by atoms with Crippen LogP contribution in [0.3, 0.4) is 0 Å². The van der Waals surface area contributed by atoms with Gasteiger partial charge in [0.05, 0.1) is 12.3 Å². The van der Waals surface area contributed by atoms with Crippen molar-refractivity contribution in [1.29, 1.82) is 0 Å². The molecule has 2 aliphatic rings. The second kappa shape index (κ2) is 12.9. The molecule has 0 radical (unpaired) electrons. The molecule has 3 heterocycles. The number of halogens is 1. The van der Waals surface area contributed by atoms with Crippen LogP contribution in [0.25, 0.3) is 10.9 Å². The lowest BCUT2D eigenvalue weighted by Gasteiger charge is -2.25. The van der Waals surface area contributed by atoms with Crippen LogP contribution in [0.15, 0.2) is 24.4 Å². The number of benzene rings is 1. The van der Waals surface area contributed by atoms with E-state index in [0.717, 1.165) is 23.8 Å². The van der Waals surface area contributed by atoms with Crippen molar-refractivity contribution >= 4 is 33.4 Å². The Balaban J connectivity index is 0.000000309. The lowest BCUT2D eigenvalue weighted by atomic mass is 9.91. The second-order valence-corrected chi connectivity index (χ2v) is 12.5. The standard InChI is InChI=1S/C16H18FN3O3S.C9H19NO2.C2H6/c1-24(22,23)20-8-13(16-15(20)4-5-19(16)9-21)12-7-18-14-6-10(17)2-3-11(12)14;1-6-7(2)10-8(11)12-9(3,4)5;1-2/h2-3,6-7,9,13,15-16,18H,4-5,8H2,1H3;7H,6H2,1-5H3,(H,10,11);1-2H3/t13?,15?,16-;;/m1../s1. The van der Waals surface area contributed by atoms with E-state index in [0.29, 0.717) is 25.0 Å². The number of sulfonamides is 1. The largest absolute Gasteiger partial charge is 0.444 e. The predicted molar refractivity (Wildman–Crippen MR) is 148 cm³/mol. The summed E-state index contributed by atoms with van der Waals surface area (Å²) in [6.07, 6.45) is 5.04. The zero-order valence-electron chi connectivity index (χ0n) is 23.7. The number of rotatable bonds is 5. The maximum absolute atomic E-state index is 13.4. The molecule has 0 bridgehead atoms. The van der Waals surface area contributed by atoms with Gasteiger partial charge in [0, 0.05) is 48.2 Å². The number of fused-ring (bicyclic) bond motifs is 2. The van der Waals surface area contributed by atoms with Crippen molar-refractivity contribution in [2.75, 3.05) is 19.3 Å². The smallest absolute Gasteiger partial charge is 0.407 e. The van der Waals surface area contributed by atoms with Crippen LogP contribution >= 0.6 is 0 Å². The Bertz CT molecular complexity index is 1190. The summed E-state index contributed by atoms with van der Waals surface area (Å²) < 4.78 is 44.3. The van der Waals surface area contributed by atoms with Gasteiger partial charge >= 0.3 is 6.09 Å². The highest BCUT2D eigenvalue weighted by atomic mass is 32.2. The maximum Gasteiger partial charge on any atom is 0.407 e. The molecule has 0 spiro atoms. The summed E-state index contributed by atoms with van der Waals surface area (Å²) in [6, 6.07) is 4.33. The first-order chi connectivity index (χ1) is 17.7. The maximum atomic E-state index is 13.4. The summed E-state index contributed by atoms with van der Waals surface area (Å²) in [5.74, 6) is -0.454. The highest BCUT2D eigenvalue weighted by Crippen LogP contribution is 2.43. The third-order valence-corrected chi connectivity index (χ3v) is 7.90. The first-order valence-electron chi connectivity index (χ1n) is 13.2. The van der Waals surface area contributed by atoms with Crippen LogP contribution in [0.5, 0.6) is 0 Å². The minimum absolute atomic E-state index is 0.128. The quantitative estimate of drug-likeness (QED) is 0.525. The number of carbonyl (C=O) groups excluding carboxylic acids is 2. The molecule has 0 aliphatic carbocycles. The highest BCUT2D eigenvalue weighted by Gasteiger charge is 2.52. The lowest BCUT2D eigenvalue weighted by Crippen LogP contribution is -2.39. The van der Waals surface area contributed by atoms with Gasteiger partial charge in [0.2, 0.25) is 16.4 Å². The molecule has 1 aromatic carbocycles. The van der Waals surface area contributed by atoms with Crippen molar-refractivity contribution in [2.24, 2.45) is 0 Å². The first-order valence-corrected chi connectivity index (χ1v) is 15.0. The number of H-pyrrole nitrogens is 1. The monoisotopic (exact) mass is 554 g/mol. The molecule has 2 N–H and O–H groups in total. The van der Waals surface area contributed by atoms with E-state index in [9.17, 15) is 22.4 Å². The number of hydrogen-bond acceptors (Lipinski definition) is 5. The number of ether oxygens (including phenoxy) is 1. The van der Waals surface area contributed by atoms with E-state index < -0.39 is 15.6 Å². The molecule has 3 unspecified atom stereocenters. The number of aromatic nitrogens is 1. The van der Waals surface area contributed by atoms with Crippen LogP contribution in [-0.4, -0.2) is 78.2 Å². The van der Waals surface area contributed by atoms with Crippen molar-refractivity contribution in [3.63, 3.8) is 0 Å². The van der Waals surface area contributed by atoms with Crippen molar-refractivity contribution in [3.05, 3.63) is 35.8 Å². The Morgan fingerprint density at radius 2 is 1.97 bits per heavy atom. The molecule has 2 amide bonds. The molecule has 0 saturated carbocycles. The molecule has 2 saturated heterocycles. The van der Waals surface area contributed by atoms with Crippen molar-refractivity contribution in [3.8, 4) is 0 Å². The molecule has 4 rings (SSSR count). The molecule has 214 valence electrons. The van der Waals surface area contributed by atoms with E-state index in [2.05, 4.69) is 10.3 Å². The van der Waals surface area contributed by atoms with Gasteiger partial charge < -0.3 is 19.9 Å². The number of amides is 2. The lowest BCUT2D eigenvalue weighted by molar-refractivity contribution is -0.119. The molecular weight excluding hydrogens is 511 g/mol. The van der Waals surface area contributed by atoms with E-state index >= 15 is 0 Å². The van der Waals surface area contributed by atoms with Crippen molar-refractivity contribution in [1.82, 2.24) is 19.5 Å². The number of aromatic amines is 1. The molecule has 9 nitrogen and oxygen atoms in total. The van der Waals surface area contributed by atoms with Gasteiger partial charge in [-0.2, -0.15) is 4.31 Å². The van der Waals surface area contributed by atoms with E-state index in [1.54, 1.807) is 17.2 Å². The van der Waals surface area contributed by atoms with Crippen LogP contribution in [0.1, 0.15) is 72.8 Å². The van der Waals surface area contributed by atoms with Crippen molar-refractivity contribution in [2.45, 2.75) is 91.0 Å². The van der Waals surface area contributed by atoms with Gasteiger partial charge in [0.25, 0.3) is 0 Å². The number of likely N-dealkylation sites (tertiary alicyclic amines) is 1. The topological polar surface area (TPSA) is 112 Å². The molecule has 2 aromatic rings. The van der Waals surface area contributed by atoms with Crippen LogP contribution in [0.2, 0.25) is 0 Å². The Labute approximate surface area is 226 Å². The summed E-state index contributed by atoms with van der Waals surface area (Å²) in [5, 5.41) is 3.59. The molecule has 2 aliphatic heterocycles. The number of nitrogens with zero attached hydrogens (tertiary/aromatic N) is 2. The first kappa shape index (κ1) is 31.6. The number of hydrogen-bond donors (Lipinski definition) is 2. The average molecular weight is 555 g/mol. The molecule has 38 heavy (non-hydrogen) atoms. The van der Waals surface area contributed by atoms with Gasteiger partial charge in [0.15, 0.2) is 0 Å². The summed E-state index contributed by atoms with van der Waals surface area (Å²) in [6.45, 7) is 14.4. The normalized spacial score (nSPS) is 22.0. The molecule has 4 atom stereocenters. The van der Waals surface area contributed by atoms with Crippen LogP contribution in [-0.2, 0) is 19.6 Å². The average Bonchev–Trinajstić information content (AvgIpc) is 3.52. The Kier molecular flexibility index (Phi) is 10.7. The minimum atomic E-state index is -3.35. The fourth-order valence-corrected chi connectivity index (χ4v) is 6.05. The summed E-state index contributed by atoms with van der Waals surface area (Å²) >= 11 is 0. The van der Waals surface area contributed by atoms with E-state index in [1.165, 1.54) is 22.7 Å². The molecule has 2 fully saturated rings. The van der Waals surface area contributed by atoms with Crippen molar-refractivity contribution < 1.29 is 27.1 Å². The summed E-state index contributed by atoms with van der Waals surface area (Å²) in [7, 11) is -3.35. The van der Waals surface area contributed by atoms with Crippen LogP contribution in [0.4, 0.5) is 9.18 Å². The minimum Gasteiger partial charge on any atom is -0.444 e. The van der Waals surface area contributed by atoms with Gasteiger partial charge in [-0.25, -0.2) is 17.6 Å². The number of alkyl carbamates (subject to hydrolysis) is 1. The Morgan fingerprint density at radius 1 is 1.32 bits per heavy atom. The fourth-order valence-electron chi connectivity index (χ4n) is 4.90. The van der Waals surface area contributed by atoms with E-state index in [1.807, 2.05) is 48.5 Å².